The topological polar surface area (TPSA) is 9.86 Å². The quantitative estimate of drug-likeness (QED) is 0.177. The molecule has 2 heteroatoms. The highest BCUT2D eigenvalue weighted by molar-refractivity contribution is 6.13. The largest absolute Gasteiger partial charge is 0.333 e. The van der Waals surface area contributed by atoms with Crippen LogP contribution in [0.3, 0.4) is 0 Å². The predicted octanol–water partition coefficient (Wildman–Crippen LogP) is 12.7. The van der Waals surface area contributed by atoms with Crippen LogP contribution in [0.1, 0.15) is 35.9 Å². The number of hydrogen-bond donors (Lipinski definition) is 0. The molecule has 0 radical (unpaired) electrons. The molecule has 2 aromatic heterocycles. The van der Waals surface area contributed by atoms with E-state index < -0.39 is 0 Å². The monoisotopic (exact) mass is 640 g/mol. The van der Waals surface area contributed by atoms with E-state index in [0.717, 1.165) is 12.8 Å². The Morgan fingerprint density at radius 1 is 0.440 bits per heavy atom. The maximum absolute atomic E-state index is 2.54. The summed E-state index contributed by atoms with van der Waals surface area (Å²) in [6.45, 7) is 0. The summed E-state index contributed by atoms with van der Waals surface area (Å²) in [6.07, 6.45) is 16.1. The van der Waals surface area contributed by atoms with Crippen LogP contribution in [0.25, 0.3) is 66.0 Å². The van der Waals surface area contributed by atoms with Crippen LogP contribution >= 0.6 is 0 Å². The number of allylic oxidation sites excluding steroid dienone is 8. The van der Waals surface area contributed by atoms with Crippen LogP contribution in [0.2, 0.25) is 0 Å². The van der Waals surface area contributed by atoms with Crippen molar-refractivity contribution in [3.8, 4) is 11.1 Å². The Kier molecular flexibility index (Phi) is 6.80. The molecule has 2 aliphatic rings. The van der Waals surface area contributed by atoms with Gasteiger partial charge < -0.3 is 9.13 Å². The van der Waals surface area contributed by atoms with Gasteiger partial charge in [0.25, 0.3) is 0 Å². The summed E-state index contributed by atoms with van der Waals surface area (Å²) in [7, 11) is 0. The van der Waals surface area contributed by atoms with Gasteiger partial charge in [0.05, 0.1) is 17.1 Å². The second-order valence-electron chi connectivity index (χ2n) is 13.6. The average molecular weight is 641 g/mol. The molecule has 2 heterocycles. The Morgan fingerprint density at radius 2 is 1.04 bits per heavy atom. The zero-order chi connectivity index (χ0) is 33.0. The smallest absolute Gasteiger partial charge is 0.0560 e. The summed E-state index contributed by atoms with van der Waals surface area (Å²) in [6, 6.07) is 53.6. The third-order valence-corrected chi connectivity index (χ3v) is 10.8. The summed E-state index contributed by atoms with van der Waals surface area (Å²) < 4.78 is 4.98. The van der Waals surface area contributed by atoms with Crippen LogP contribution in [0.4, 0.5) is 0 Å². The van der Waals surface area contributed by atoms with E-state index in [9.17, 15) is 0 Å². The molecular formula is C48H36N2. The molecule has 10 rings (SSSR count). The molecule has 6 aromatic carbocycles. The first kappa shape index (κ1) is 28.9. The van der Waals surface area contributed by atoms with Gasteiger partial charge in [-0.3, -0.25) is 0 Å². The standard InChI is InChI=1S/C48H36N2/c1-3-11-33(12-4-1)35-19-25-39(26-20-35)49-45-17-9-7-15-41(45)43-31-37(23-29-47(43)49)38-24-30-48-44(32-38)42-16-8-10-18-46(42)50(48)40-27-21-36(22-28-40)34-13-5-2-6-14-34/h1-21,23-25,27-32,36,39H,22,26H2. The number of nitrogens with zero attached hydrogens (tertiary/aromatic N) is 2. The molecular weight excluding hydrogens is 605 g/mol. The number of para-hydroxylation sites is 2. The van der Waals surface area contributed by atoms with Gasteiger partial charge in [0.2, 0.25) is 0 Å². The molecule has 0 bridgehead atoms. The molecule has 8 aromatic rings. The van der Waals surface area contributed by atoms with Gasteiger partial charge in [0.15, 0.2) is 0 Å². The lowest BCUT2D eigenvalue weighted by atomic mass is 9.92. The average Bonchev–Trinajstić information content (AvgIpc) is 3.71. The van der Waals surface area contributed by atoms with Crippen LogP contribution in [-0.2, 0) is 0 Å². The zero-order valence-electron chi connectivity index (χ0n) is 27.8. The van der Waals surface area contributed by atoms with Crippen molar-refractivity contribution >= 4 is 54.9 Å². The second-order valence-corrected chi connectivity index (χ2v) is 13.6. The third-order valence-electron chi connectivity index (χ3n) is 10.8. The minimum Gasteiger partial charge on any atom is -0.333 e. The summed E-state index contributed by atoms with van der Waals surface area (Å²) in [5, 5.41) is 5.18. The van der Waals surface area contributed by atoms with Crippen molar-refractivity contribution < 1.29 is 0 Å². The van der Waals surface area contributed by atoms with Crippen LogP contribution < -0.4 is 0 Å². The number of fused-ring (bicyclic) bond motifs is 6. The minimum atomic E-state index is 0.268. The fourth-order valence-corrected chi connectivity index (χ4v) is 8.34. The molecule has 2 nitrogen and oxygen atoms in total. The Morgan fingerprint density at radius 3 is 1.74 bits per heavy atom. The fraction of sp³-hybridized carbons (Fsp3) is 0.0833. The van der Waals surface area contributed by atoms with Gasteiger partial charge in [-0.1, -0.05) is 140 Å². The Balaban J connectivity index is 1.04. The van der Waals surface area contributed by atoms with E-state index in [-0.39, 0.29) is 6.04 Å². The van der Waals surface area contributed by atoms with Gasteiger partial charge in [-0.25, -0.2) is 0 Å². The van der Waals surface area contributed by atoms with E-state index in [2.05, 4.69) is 191 Å². The van der Waals surface area contributed by atoms with E-state index >= 15 is 0 Å². The normalized spacial score (nSPS) is 17.5. The van der Waals surface area contributed by atoms with Gasteiger partial charge in [0.1, 0.15) is 0 Å². The summed E-state index contributed by atoms with van der Waals surface area (Å²) >= 11 is 0. The molecule has 238 valence electrons. The van der Waals surface area contributed by atoms with E-state index in [1.165, 1.54) is 77.1 Å². The number of benzene rings is 6. The molecule has 2 unspecified atom stereocenters. The van der Waals surface area contributed by atoms with Crippen molar-refractivity contribution in [3.05, 3.63) is 193 Å². The number of rotatable bonds is 5. The first-order valence-corrected chi connectivity index (χ1v) is 17.7. The Bertz CT molecular complexity index is 2700. The van der Waals surface area contributed by atoms with Gasteiger partial charge in [0, 0.05) is 44.2 Å². The molecule has 2 aliphatic carbocycles. The summed E-state index contributed by atoms with van der Waals surface area (Å²) in [5.74, 6) is 0.415. The molecule has 0 saturated carbocycles. The minimum absolute atomic E-state index is 0.268. The molecule has 50 heavy (non-hydrogen) atoms. The van der Waals surface area contributed by atoms with Crippen LogP contribution in [0.15, 0.2) is 182 Å². The Labute approximate surface area is 292 Å². The fourth-order valence-electron chi connectivity index (χ4n) is 8.34. The summed E-state index contributed by atoms with van der Waals surface area (Å²) in [4.78, 5) is 0. The highest BCUT2D eigenvalue weighted by atomic mass is 15.0. The number of aromatic nitrogens is 2. The molecule has 0 fully saturated rings. The van der Waals surface area contributed by atoms with E-state index in [0.29, 0.717) is 5.92 Å². The molecule has 0 aliphatic heterocycles. The lowest BCUT2D eigenvalue weighted by Crippen LogP contribution is -2.07. The van der Waals surface area contributed by atoms with E-state index in [4.69, 9.17) is 0 Å². The van der Waals surface area contributed by atoms with Crippen LogP contribution in [0, 0.1) is 0 Å². The lowest BCUT2D eigenvalue weighted by molar-refractivity contribution is 0.649. The van der Waals surface area contributed by atoms with Crippen LogP contribution in [0.5, 0.6) is 0 Å². The highest BCUT2D eigenvalue weighted by Crippen LogP contribution is 2.40. The second kappa shape index (κ2) is 11.8. The molecule has 0 saturated heterocycles. The molecule has 2 atom stereocenters. The maximum atomic E-state index is 2.54. The third kappa shape index (κ3) is 4.71. The highest BCUT2D eigenvalue weighted by Gasteiger charge is 2.20. The number of hydrogen-bond acceptors (Lipinski definition) is 0. The maximum Gasteiger partial charge on any atom is 0.0560 e. The van der Waals surface area contributed by atoms with Crippen molar-refractivity contribution in [2.75, 3.05) is 0 Å². The Hall–Kier alpha value is -6.12. The van der Waals surface area contributed by atoms with Gasteiger partial charge in [-0.15, -0.1) is 0 Å². The van der Waals surface area contributed by atoms with Crippen molar-refractivity contribution in [3.63, 3.8) is 0 Å². The lowest BCUT2D eigenvalue weighted by Gasteiger charge is -2.21. The zero-order valence-corrected chi connectivity index (χ0v) is 27.8. The van der Waals surface area contributed by atoms with E-state index in [1.807, 2.05) is 0 Å². The van der Waals surface area contributed by atoms with Gasteiger partial charge >= 0.3 is 0 Å². The van der Waals surface area contributed by atoms with Crippen molar-refractivity contribution in [2.24, 2.45) is 0 Å². The SMILES string of the molecule is C1=CC(n2c3ccccc3c3cc(-c4ccc5c(c4)c4ccccc4n5C4=CCC(c5ccccc5)C=C4)ccc32)CC=C1c1ccccc1. The van der Waals surface area contributed by atoms with Crippen molar-refractivity contribution in [1.29, 1.82) is 0 Å². The predicted molar refractivity (Wildman–Crippen MR) is 212 cm³/mol. The van der Waals surface area contributed by atoms with E-state index in [1.54, 1.807) is 0 Å². The van der Waals surface area contributed by atoms with Crippen molar-refractivity contribution in [1.82, 2.24) is 9.13 Å². The first-order chi connectivity index (χ1) is 24.8. The summed E-state index contributed by atoms with van der Waals surface area (Å²) in [5.41, 5.74) is 12.7. The van der Waals surface area contributed by atoms with Gasteiger partial charge in [-0.05, 0) is 83.1 Å². The van der Waals surface area contributed by atoms with Crippen molar-refractivity contribution in [2.45, 2.75) is 24.8 Å². The van der Waals surface area contributed by atoms with Gasteiger partial charge in [-0.2, -0.15) is 0 Å². The molecule has 0 N–H and O–H groups in total. The first-order valence-electron chi connectivity index (χ1n) is 17.7. The molecule has 0 amide bonds. The molecule has 0 spiro atoms. The van der Waals surface area contributed by atoms with Crippen LogP contribution in [-0.4, -0.2) is 9.13 Å².